The number of epoxide rings is 1. The van der Waals surface area contributed by atoms with E-state index >= 15 is 0 Å². The van der Waals surface area contributed by atoms with E-state index in [1.54, 1.807) is 17.3 Å². The standard InChI is InChI=1S/C39H58IN5O8S/c1-10-24(6)32(44-34(47)28(18-22(2)3)41-17-16-40)37(49)45(9)30(23(4)5)20-31(52-25(7)46)36-43-29(21-54-36)35(48)42-27(19-26-14-12-11-13-15-26)33-39(8,53-33)38(50)51/h11-15,21-24,27-28,30-33,41H,10,16-20H2,1-9H3,(H,42,48)(H,44,47)(H,50,51)/t24?,27-,28?,30+,31+,32-,33?,39?/m0/s1. The van der Waals surface area contributed by atoms with Crippen LogP contribution in [0.2, 0.25) is 0 Å². The van der Waals surface area contributed by atoms with E-state index in [1.165, 1.54) is 13.8 Å². The molecule has 1 aliphatic rings. The Hall–Kier alpha value is -3.15. The number of likely N-dealkylation sites (N-methyl/N-ethyl adjacent to an activating group) is 1. The lowest BCUT2D eigenvalue weighted by atomic mass is 9.92. The molecule has 54 heavy (non-hydrogen) atoms. The van der Waals surface area contributed by atoms with Gasteiger partial charge in [0.2, 0.25) is 11.8 Å². The summed E-state index contributed by atoms with van der Waals surface area (Å²) in [4.78, 5) is 71.9. The molecule has 8 atom stereocenters. The second-order valence-electron chi connectivity index (χ2n) is 15.1. The van der Waals surface area contributed by atoms with Crippen LogP contribution >= 0.6 is 33.9 Å². The first-order chi connectivity index (χ1) is 25.4. The van der Waals surface area contributed by atoms with E-state index in [-0.39, 0.29) is 41.7 Å². The van der Waals surface area contributed by atoms with Crippen molar-refractivity contribution in [2.45, 2.75) is 123 Å². The minimum atomic E-state index is -1.42. The maximum absolute atomic E-state index is 14.3. The number of amides is 3. The molecule has 4 N–H and O–H groups in total. The van der Waals surface area contributed by atoms with E-state index < -0.39 is 59.8 Å². The number of halogens is 1. The number of ether oxygens (including phenoxy) is 2. The molecule has 0 spiro atoms. The molecule has 1 saturated heterocycles. The Morgan fingerprint density at radius 1 is 1.07 bits per heavy atom. The SMILES string of the molecule is CCC(C)[C@H](NC(=O)C(CC(C)C)NCCI)C(=O)N(C)[C@H](C[C@@H](OC(C)=O)c1nc(C(=O)N[C@@H](Cc2ccccc2)C2OC2(C)C(=O)O)cs1)C(C)C. The van der Waals surface area contributed by atoms with E-state index in [2.05, 4.69) is 57.4 Å². The number of aliphatic carboxylic acids is 1. The number of hydrogen-bond acceptors (Lipinski definition) is 10. The maximum Gasteiger partial charge on any atom is 0.338 e. The molecule has 2 heterocycles. The monoisotopic (exact) mass is 883 g/mol. The molecule has 0 radical (unpaired) electrons. The third-order valence-corrected chi connectivity index (χ3v) is 11.4. The van der Waals surface area contributed by atoms with Gasteiger partial charge in [-0.25, -0.2) is 9.78 Å². The second kappa shape index (κ2) is 20.7. The van der Waals surface area contributed by atoms with Crippen LogP contribution in [0.5, 0.6) is 0 Å². The number of rotatable bonds is 22. The molecule has 1 aromatic carbocycles. The summed E-state index contributed by atoms with van der Waals surface area (Å²) in [6.45, 7) is 15.4. The number of benzene rings is 1. The molecular formula is C39H58IN5O8S. The van der Waals surface area contributed by atoms with Gasteiger partial charge < -0.3 is 35.4 Å². The first kappa shape index (κ1) is 45.2. The van der Waals surface area contributed by atoms with Gasteiger partial charge in [0.15, 0.2) is 11.7 Å². The fourth-order valence-electron chi connectivity index (χ4n) is 6.55. The largest absolute Gasteiger partial charge is 0.479 e. The molecule has 13 nitrogen and oxygen atoms in total. The number of carbonyl (C=O) groups is 5. The fourth-order valence-corrected chi connectivity index (χ4v) is 7.70. The molecule has 0 saturated carbocycles. The van der Waals surface area contributed by atoms with Crippen LogP contribution in [0.25, 0.3) is 0 Å². The Balaban J connectivity index is 1.83. The van der Waals surface area contributed by atoms with Gasteiger partial charge in [0, 0.05) is 42.8 Å². The van der Waals surface area contributed by atoms with Crippen molar-refractivity contribution in [3.8, 4) is 0 Å². The number of aromatic nitrogens is 1. The summed E-state index contributed by atoms with van der Waals surface area (Å²) < 4.78 is 12.2. The molecule has 1 aliphatic heterocycles. The maximum atomic E-state index is 14.3. The normalized spacial score (nSPS) is 20.0. The summed E-state index contributed by atoms with van der Waals surface area (Å²) in [5.74, 6) is -2.57. The van der Waals surface area contributed by atoms with Crippen molar-refractivity contribution >= 4 is 63.6 Å². The molecule has 0 bridgehead atoms. The van der Waals surface area contributed by atoms with Gasteiger partial charge in [-0.15, -0.1) is 11.3 Å². The van der Waals surface area contributed by atoms with Crippen molar-refractivity contribution in [2.24, 2.45) is 17.8 Å². The number of hydrogen-bond donors (Lipinski definition) is 4. The van der Waals surface area contributed by atoms with E-state index in [4.69, 9.17) is 9.47 Å². The van der Waals surface area contributed by atoms with E-state index in [1.807, 2.05) is 58.0 Å². The first-order valence-corrected chi connectivity index (χ1v) is 21.1. The summed E-state index contributed by atoms with van der Waals surface area (Å²) in [6.07, 6.45) is 0.227. The fraction of sp³-hybridized carbons (Fsp3) is 0.641. The number of carboxylic acid groups (broad SMARTS) is 1. The van der Waals surface area contributed by atoms with Crippen LogP contribution in [0.15, 0.2) is 35.7 Å². The average Bonchev–Trinajstić information content (AvgIpc) is 3.58. The summed E-state index contributed by atoms with van der Waals surface area (Å²) in [5, 5.41) is 21.0. The number of thiazole rings is 1. The number of nitrogens with zero attached hydrogens (tertiary/aromatic N) is 2. The highest BCUT2D eigenvalue weighted by atomic mass is 127. The zero-order valence-corrected chi connectivity index (χ0v) is 35.9. The number of nitrogens with one attached hydrogen (secondary N) is 3. The van der Waals surface area contributed by atoms with Gasteiger partial charge in [0.05, 0.1) is 12.1 Å². The highest BCUT2D eigenvalue weighted by Crippen LogP contribution is 2.40. The van der Waals surface area contributed by atoms with Crippen LogP contribution in [0.3, 0.4) is 0 Å². The van der Waals surface area contributed by atoms with Gasteiger partial charge in [0.1, 0.15) is 22.8 Å². The highest BCUT2D eigenvalue weighted by molar-refractivity contribution is 14.1. The topological polar surface area (TPSA) is 180 Å². The lowest BCUT2D eigenvalue weighted by molar-refractivity contribution is -0.149. The minimum absolute atomic E-state index is 0.0760. The minimum Gasteiger partial charge on any atom is -0.479 e. The highest BCUT2D eigenvalue weighted by Gasteiger charge is 2.62. The van der Waals surface area contributed by atoms with Gasteiger partial charge in [0.25, 0.3) is 5.91 Å². The molecule has 15 heteroatoms. The molecule has 0 aliphatic carbocycles. The van der Waals surface area contributed by atoms with Gasteiger partial charge in [-0.05, 0) is 43.1 Å². The number of carboxylic acids is 1. The quantitative estimate of drug-likeness (QED) is 0.0534. The zero-order chi connectivity index (χ0) is 40.3. The van der Waals surface area contributed by atoms with Crippen LogP contribution < -0.4 is 16.0 Å². The molecular weight excluding hydrogens is 825 g/mol. The van der Waals surface area contributed by atoms with Crippen LogP contribution in [-0.4, -0.2) is 98.5 Å². The smallest absolute Gasteiger partial charge is 0.338 e. The van der Waals surface area contributed by atoms with E-state index in [0.29, 0.717) is 30.8 Å². The molecule has 2 aromatic rings. The summed E-state index contributed by atoms with van der Waals surface area (Å²) in [6, 6.07) is 7.12. The van der Waals surface area contributed by atoms with E-state index in [9.17, 15) is 29.1 Å². The van der Waals surface area contributed by atoms with Crippen LogP contribution in [-0.2, 0) is 35.1 Å². The van der Waals surface area contributed by atoms with Gasteiger partial charge in [-0.1, -0.05) is 101 Å². The van der Waals surface area contributed by atoms with Gasteiger partial charge >= 0.3 is 11.9 Å². The summed E-state index contributed by atoms with van der Waals surface area (Å²) in [5.41, 5.74) is -0.440. The number of esters is 1. The molecule has 3 amide bonds. The van der Waals surface area contributed by atoms with Crippen LogP contribution in [0, 0.1) is 17.8 Å². The van der Waals surface area contributed by atoms with Gasteiger partial charge in [-0.2, -0.15) is 0 Å². The average molecular weight is 884 g/mol. The third-order valence-electron chi connectivity index (χ3n) is 9.96. The third kappa shape index (κ3) is 12.4. The van der Waals surface area contributed by atoms with Gasteiger partial charge in [-0.3, -0.25) is 19.2 Å². The Kier molecular flexibility index (Phi) is 17.3. The lowest BCUT2D eigenvalue weighted by Crippen LogP contribution is -2.57. The van der Waals surface area contributed by atoms with Crippen LogP contribution in [0.1, 0.15) is 102 Å². The van der Waals surface area contributed by atoms with E-state index in [0.717, 1.165) is 21.3 Å². The Morgan fingerprint density at radius 2 is 1.74 bits per heavy atom. The van der Waals surface area contributed by atoms with Crippen molar-refractivity contribution in [3.05, 3.63) is 52.0 Å². The van der Waals surface area contributed by atoms with Crippen molar-refractivity contribution < 1.29 is 38.6 Å². The molecule has 4 unspecified atom stereocenters. The summed E-state index contributed by atoms with van der Waals surface area (Å²) in [7, 11) is 1.71. The predicted octanol–water partition coefficient (Wildman–Crippen LogP) is 5.17. The molecule has 300 valence electrons. The molecule has 1 aromatic heterocycles. The van der Waals surface area contributed by atoms with Crippen molar-refractivity contribution in [1.82, 2.24) is 25.8 Å². The predicted molar refractivity (Wildman–Crippen MR) is 216 cm³/mol. The first-order valence-electron chi connectivity index (χ1n) is 18.7. The van der Waals surface area contributed by atoms with Crippen molar-refractivity contribution in [1.29, 1.82) is 0 Å². The Morgan fingerprint density at radius 3 is 2.28 bits per heavy atom. The summed E-state index contributed by atoms with van der Waals surface area (Å²) >= 11 is 3.42. The Labute approximate surface area is 337 Å². The Bertz CT molecular complexity index is 1570. The zero-order valence-electron chi connectivity index (χ0n) is 32.9. The van der Waals surface area contributed by atoms with Crippen LogP contribution in [0.4, 0.5) is 0 Å². The molecule has 1 fully saturated rings. The van der Waals surface area contributed by atoms with Crippen molar-refractivity contribution in [3.63, 3.8) is 0 Å². The number of alkyl halides is 1. The van der Waals surface area contributed by atoms with Crippen molar-refractivity contribution in [2.75, 3.05) is 18.0 Å². The number of carbonyl (C=O) groups excluding carboxylic acids is 4. The lowest BCUT2D eigenvalue weighted by Gasteiger charge is -2.37. The molecule has 3 rings (SSSR count). The second-order valence-corrected chi connectivity index (χ2v) is 17.1.